The van der Waals surface area contributed by atoms with Crippen LogP contribution in [0, 0.1) is 13.8 Å². The number of carbonyl (C=O) groups excluding carboxylic acids is 2. The van der Waals surface area contributed by atoms with Gasteiger partial charge in [0.05, 0.1) is 0 Å². The van der Waals surface area contributed by atoms with Crippen molar-refractivity contribution in [2.24, 2.45) is 0 Å². The molecule has 2 unspecified atom stereocenters. The Balaban J connectivity index is 2.15. The highest BCUT2D eigenvalue weighted by atomic mass is 16.5. The summed E-state index contributed by atoms with van der Waals surface area (Å²) >= 11 is 0. The number of carboxylic acids is 1. The molecule has 0 aromatic heterocycles. The first-order valence-corrected chi connectivity index (χ1v) is 8.57. The summed E-state index contributed by atoms with van der Waals surface area (Å²) in [5.74, 6) is -1.46. The number of carbonyl (C=O) groups is 3. The van der Waals surface area contributed by atoms with Gasteiger partial charge in [-0.15, -0.1) is 0 Å². The minimum Gasteiger partial charge on any atom is -0.481 e. The van der Waals surface area contributed by atoms with E-state index in [0.717, 1.165) is 11.1 Å². The zero-order chi connectivity index (χ0) is 20.1. The maximum Gasteiger partial charge on any atom is 0.330 e. The number of ether oxygens (including phenoxy) is 1. The number of amides is 1. The van der Waals surface area contributed by atoms with Gasteiger partial charge < -0.3 is 15.2 Å². The lowest BCUT2D eigenvalue weighted by Gasteiger charge is -2.21. The third-order valence-corrected chi connectivity index (χ3v) is 4.41. The van der Waals surface area contributed by atoms with Crippen molar-refractivity contribution in [1.29, 1.82) is 0 Å². The highest BCUT2D eigenvalue weighted by Gasteiger charge is 2.27. The number of hydrogen-bond donors (Lipinski definition) is 2. The molecule has 0 saturated carbocycles. The van der Waals surface area contributed by atoms with Gasteiger partial charge in [0.15, 0.2) is 17.9 Å². The minimum absolute atomic E-state index is 0.113. The van der Waals surface area contributed by atoms with Gasteiger partial charge in [-0.3, -0.25) is 9.59 Å². The monoisotopic (exact) mass is 369 g/mol. The summed E-state index contributed by atoms with van der Waals surface area (Å²) in [6.45, 7) is 6.67. The maximum atomic E-state index is 12.5. The molecule has 0 spiro atoms. The van der Waals surface area contributed by atoms with E-state index in [-0.39, 0.29) is 5.78 Å². The molecule has 2 aromatic rings. The molecule has 0 bridgehead atoms. The van der Waals surface area contributed by atoms with Crippen LogP contribution in [0.5, 0.6) is 5.75 Å². The third kappa shape index (κ3) is 4.94. The van der Waals surface area contributed by atoms with E-state index in [2.05, 4.69) is 5.32 Å². The summed E-state index contributed by atoms with van der Waals surface area (Å²) < 4.78 is 5.58. The standard InChI is InChI=1S/C21H23NO5/c1-12-7-5-10-18(13(12)2)19(21(25)26)22-20(24)15(4)27-17-9-6-8-16(11-17)14(3)23/h5-11,15,19H,1-4H3,(H,22,24)(H,25,26). The smallest absolute Gasteiger partial charge is 0.330 e. The van der Waals surface area contributed by atoms with E-state index in [9.17, 15) is 19.5 Å². The van der Waals surface area contributed by atoms with Crippen LogP contribution in [-0.4, -0.2) is 28.9 Å². The number of aryl methyl sites for hydroxylation is 1. The topological polar surface area (TPSA) is 92.7 Å². The second kappa shape index (κ2) is 8.49. The molecule has 0 heterocycles. The molecule has 2 N–H and O–H groups in total. The number of hydrogen-bond acceptors (Lipinski definition) is 4. The minimum atomic E-state index is -1.17. The molecule has 0 fully saturated rings. The van der Waals surface area contributed by atoms with Crippen LogP contribution in [0.1, 0.15) is 46.9 Å². The average molecular weight is 369 g/mol. The molecule has 6 heteroatoms. The van der Waals surface area contributed by atoms with Gasteiger partial charge >= 0.3 is 5.97 Å². The van der Waals surface area contributed by atoms with Crippen molar-refractivity contribution in [1.82, 2.24) is 5.32 Å². The van der Waals surface area contributed by atoms with Gasteiger partial charge in [0.25, 0.3) is 5.91 Å². The first-order chi connectivity index (χ1) is 12.7. The third-order valence-electron chi connectivity index (χ3n) is 4.41. The summed E-state index contributed by atoms with van der Waals surface area (Å²) in [4.78, 5) is 35.6. The Labute approximate surface area is 158 Å². The number of carboxylic acid groups (broad SMARTS) is 1. The van der Waals surface area contributed by atoms with E-state index >= 15 is 0 Å². The van der Waals surface area contributed by atoms with Crippen molar-refractivity contribution in [3.63, 3.8) is 0 Å². The lowest BCUT2D eigenvalue weighted by atomic mass is 9.97. The van der Waals surface area contributed by atoms with Crippen LogP contribution in [0.25, 0.3) is 0 Å². The molecule has 2 aromatic carbocycles. The van der Waals surface area contributed by atoms with E-state index in [1.165, 1.54) is 13.8 Å². The van der Waals surface area contributed by atoms with Crippen molar-refractivity contribution in [3.8, 4) is 5.75 Å². The second-order valence-corrected chi connectivity index (χ2v) is 6.41. The fourth-order valence-electron chi connectivity index (χ4n) is 2.66. The van der Waals surface area contributed by atoms with Crippen molar-refractivity contribution < 1.29 is 24.2 Å². The molecule has 0 radical (unpaired) electrons. The summed E-state index contributed by atoms with van der Waals surface area (Å²) in [6, 6.07) is 10.6. The first-order valence-electron chi connectivity index (χ1n) is 8.57. The maximum absolute atomic E-state index is 12.5. The molecule has 0 aliphatic carbocycles. The molecule has 2 rings (SSSR count). The number of Topliss-reactive ketones (excluding diaryl/α,β-unsaturated/α-hetero) is 1. The highest BCUT2D eigenvalue weighted by molar-refractivity contribution is 5.94. The Morgan fingerprint density at radius 1 is 1.07 bits per heavy atom. The molecule has 0 aliphatic heterocycles. The van der Waals surface area contributed by atoms with Crippen LogP contribution < -0.4 is 10.1 Å². The van der Waals surface area contributed by atoms with Crippen LogP contribution in [-0.2, 0) is 9.59 Å². The number of nitrogens with one attached hydrogen (secondary N) is 1. The number of rotatable bonds is 7. The molecule has 0 aliphatic rings. The molecule has 1 amide bonds. The average Bonchev–Trinajstić information content (AvgIpc) is 2.62. The normalized spacial score (nSPS) is 12.7. The Hall–Kier alpha value is -3.15. The van der Waals surface area contributed by atoms with E-state index in [0.29, 0.717) is 16.9 Å². The number of aliphatic carboxylic acids is 1. The van der Waals surface area contributed by atoms with Gasteiger partial charge in [0, 0.05) is 5.56 Å². The van der Waals surface area contributed by atoms with Crippen LogP contribution in [0.4, 0.5) is 0 Å². The second-order valence-electron chi connectivity index (χ2n) is 6.41. The van der Waals surface area contributed by atoms with E-state index in [4.69, 9.17) is 4.74 Å². The summed E-state index contributed by atoms with van der Waals surface area (Å²) in [6.07, 6.45) is -0.931. The van der Waals surface area contributed by atoms with Crippen LogP contribution in [0.2, 0.25) is 0 Å². The Morgan fingerprint density at radius 2 is 1.74 bits per heavy atom. The van der Waals surface area contributed by atoms with Gasteiger partial charge in [0.1, 0.15) is 5.75 Å². The van der Waals surface area contributed by atoms with Gasteiger partial charge in [-0.1, -0.05) is 30.3 Å². The zero-order valence-electron chi connectivity index (χ0n) is 15.8. The molecule has 2 atom stereocenters. The van der Waals surface area contributed by atoms with Crippen LogP contribution in [0.3, 0.4) is 0 Å². The van der Waals surface area contributed by atoms with Gasteiger partial charge in [0.2, 0.25) is 0 Å². The number of benzene rings is 2. The summed E-state index contributed by atoms with van der Waals surface area (Å²) in [7, 11) is 0. The molecule has 27 heavy (non-hydrogen) atoms. The van der Waals surface area contributed by atoms with Gasteiger partial charge in [-0.25, -0.2) is 4.79 Å². The van der Waals surface area contributed by atoms with Crippen molar-refractivity contribution >= 4 is 17.7 Å². The predicted molar refractivity (Wildman–Crippen MR) is 101 cm³/mol. The van der Waals surface area contributed by atoms with Crippen molar-refractivity contribution in [2.45, 2.75) is 39.8 Å². The first kappa shape index (κ1) is 20.2. The number of ketones is 1. The van der Waals surface area contributed by atoms with Crippen LogP contribution in [0.15, 0.2) is 42.5 Å². The molecular weight excluding hydrogens is 346 g/mol. The van der Waals surface area contributed by atoms with E-state index in [1.807, 2.05) is 19.9 Å². The lowest BCUT2D eigenvalue weighted by Crippen LogP contribution is -2.41. The Kier molecular flexibility index (Phi) is 6.34. The molecule has 142 valence electrons. The molecular formula is C21H23NO5. The van der Waals surface area contributed by atoms with E-state index < -0.39 is 24.0 Å². The Morgan fingerprint density at radius 3 is 2.37 bits per heavy atom. The van der Waals surface area contributed by atoms with Gasteiger partial charge in [-0.2, -0.15) is 0 Å². The Bertz CT molecular complexity index is 875. The van der Waals surface area contributed by atoms with Crippen molar-refractivity contribution in [2.75, 3.05) is 0 Å². The summed E-state index contributed by atoms with van der Waals surface area (Å²) in [5, 5.41) is 12.1. The fourth-order valence-corrected chi connectivity index (χ4v) is 2.66. The highest BCUT2D eigenvalue weighted by Crippen LogP contribution is 2.21. The van der Waals surface area contributed by atoms with Crippen molar-refractivity contribution in [3.05, 3.63) is 64.7 Å². The molecule has 0 saturated heterocycles. The van der Waals surface area contributed by atoms with E-state index in [1.54, 1.807) is 36.4 Å². The SMILES string of the molecule is CC(=O)c1cccc(OC(C)C(=O)NC(C(=O)O)c2cccc(C)c2C)c1. The van der Waals surface area contributed by atoms with Gasteiger partial charge in [-0.05, 0) is 56.5 Å². The predicted octanol–water partition coefficient (Wildman–Crippen LogP) is 3.22. The quantitative estimate of drug-likeness (QED) is 0.731. The molecule has 6 nitrogen and oxygen atoms in total. The fraction of sp³-hybridized carbons (Fsp3) is 0.286. The summed E-state index contributed by atoms with van der Waals surface area (Å²) in [5.41, 5.74) is 2.76. The van der Waals surface area contributed by atoms with Crippen LogP contribution >= 0.6 is 0 Å². The largest absolute Gasteiger partial charge is 0.481 e. The lowest BCUT2D eigenvalue weighted by molar-refractivity contribution is -0.143. The zero-order valence-corrected chi connectivity index (χ0v) is 15.8.